The number of nitriles is 1. The number of nitrogens with one attached hydrogen (secondary N) is 1. The Morgan fingerprint density at radius 3 is 2.58 bits per heavy atom. The number of nitrogens with zero attached hydrogens (tertiary/aromatic N) is 1. The molecule has 3 aromatic rings. The second-order valence-electron chi connectivity index (χ2n) is 7.48. The van der Waals surface area contributed by atoms with Gasteiger partial charge < -0.3 is 14.8 Å². The van der Waals surface area contributed by atoms with Crippen molar-refractivity contribution in [2.24, 2.45) is 0 Å². The van der Waals surface area contributed by atoms with Crippen molar-refractivity contribution in [1.29, 1.82) is 5.26 Å². The maximum atomic E-state index is 12.7. The maximum absolute atomic E-state index is 12.7. The van der Waals surface area contributed by atoms with Crippen molar-refractivity contribution in [3.05, 3.63) is 93.0 Å². The lowest BCUT2D eigenvalue weighted by atomic mass is 10.1. The molecule has 0 aliphatic carbocycles. The summed E-state index contributed by atoms with van der Waals surface area (Å²) in [6.07, 6.45) is 1.53. The quantitative estimate of drug-likeness (QED) is 0.277. The first-order chi connectivity index (χ1) is 15.9. The molecule has 33 heavy (non-hydrogen) atoms. The number of carbonyl (C=O) groups excluding carboxylic acids is 1. The van der Waals surface area contributed by atoms with E-state index in [1.54, 1.807) is 18.2 Å². The molecule has 0 aliphatic rings. The monoisotopic (exact) mass is 504 g/mol. The number of anilines is 1. The Morgan fingerprint density at radius 2 is 1.88 bits per heavy atom. The molecule has 0 spiro atoms. The summed E-state index contributed by atoms with van der Waals surface area (Å²) in [5, 5.41) is 12.4. The van der Waals surface area contributed by atoms with E-state index >= 15 is 0 Å². The van der Waals surface area contributed by atoms with Gasteiger partial charge in [0.15, 0.2) is 11.5 Å². The molecule has 0 aromatic heterocycles. The summed E-state index contributed by atoms with van der Waals surface area (Å²) in [4.78, 5) is 12.7. The van der Waals surface area contributed by atoms with Crippen LogP contribution < -0.4 is 14.8 Å². The molecule has 0 bridgehead atoms. The second kappa shape index (κ2) is 11.3. The Hall–Kier alpha value is -3.56. The standard InChI is InChI=1S/C27H25BrN2O3/c1-4-32-25-15-21(13-22(16-29)27(31)30-24-11-6-5-9-19(24)3)14-23(28)26(25)33-17-20-10-7-8-18(2)12-20/h5-15H,4,17H2,1-3H3,(H,30,31)/b22-13+. The first kappa shape index (κ1) is 24.1. The molecule has 1 amide bonds. The van der Waals surface area contributed by atoms with Crippen molar-refractivity contribution < 1.29 is 14.3 Å². The summed E-state index contributed by atoms with van der Waals surface area (Å²) in [5.41, 5.74) is 4.42. The smallest absolute Gasteiger partial charge is 0.266 e. The van der Waals surface area contributed by atoms with E-state index < -0.39 is 5.91 Å². The Morgan fingerprint density at radius 1 is 1.09 bits per heavy atom. The van der Waals surface area contributed by atoms with Gasteiger partial charge in [0.25, 0.3) is 5.91 Å². The molecule has 0 radical (unpaired) electrons. The third-order valence-electron chi connectivity index (χ3n) is 4.87. The zero-order valence-electron chi connectivity index (χ0n) is 18.8. The maximum Gasteiger partial charge on any atom is 0.266 e. The van der Waals surface area contributed by atoms with Crippen molar-refractivity contribution >= 4 is 33.6 Å². The Balaban J connectivity index is 1.86. The Bertz CT molecular complexity index is 1230. The number of halogens is 1. The molecule has 5 nitrogen and oxygen atoms in total. The van der Waals surface area contributed by atoms with Crippen LogP contribution in [0.2, 0.25) is 0 Å². The van der Waals surface area contributed by atoms with Crippen molar-refractivity contribution in [2.75, 3.05) is 11.9 Å². The number of para-hydroxylation sites is 1. The number of hydrogen-bond donors (Lipinski definition) is 1. The van der Waals surface area contributed by atoms with Crippen LogP contribution in [-0.4, -0.2) is 12.5 Å². The van der Waals surface area contributed by atoms with Crippen molar-refractivity contribution in [1.82, 2.24) is 0 Å². The Kier molecular flexibility index (Phi) is 8.28. The van der Waals surface area contributed by atoms with Crippen LogP contribution in [0.25, 0.3) is 6.08 Å². The molecule has 3 rings (SSSR count). The average Bonchev–Trinajstić information content (AvgIpc) is 2.78. The first-order valence-electron chi connectivity index (χ1n) is 10.5. The minimum atomic E-state index is -0.472. The Labute approximate surface area is 202 Å². The van der Waals surface area contributed by atoms with Gasteiger partial charge in [-0.2, -0.15) is 5.26 Å². The predicted molar refractivity (Wildman–Crippen MR) is 134 cm³/mol. The van der Waals surface area contributed by atoms with Gasteiger partial charge in [0.2, 0.25) is 0 Å². The molecule has 0 aliphatic heterocycles. The lowest BCUT2D eigenvalue weighted by Crippen LogP contribution is -2.14. The number of hydrogen-bond acceptors (Lipinski definition) is 4. The number of aryl methyl sites for hydroxylation is 2. The van der Waals surface area contributed by atoms with Crippen molar-refractivity contribution in [2.45, 2.75) is 27.4 Å². The minimum Gasteiger partial charge on any atom is -0.490 e. The van der Waals surface area contributed by atoms with Crippen LogP contribution in [-0.2, 0) is 11.4 Å². The normalized spacial score (nSPS) is 10.9. The number of benzene rings is 3. The molecule has 3 aromatic carbocycles. The summed E-state index contributed by atoms with van der Waals surface area (Å²) >= 11 is 3.55. The van der Waals surface area contributed by atoms with E-state index in [-0.39, 0.29) is 5.57 Å². The summed E-state index contributed by atoms with van der Waals surface area (Å²) in [5.74, 6) is 0.626. The highest BCUT2D eigenvalue weighted by Gasteiger charge is 2.15. The fraction of sp³-hybridized carbons (Fsp3) is 0.185. The van der Waals surface area contributed by atoms with Crippen LogP contribution in [0.5, 0.6) is 11.5 Å². The van der Waals surface area contributed by atoms with E-state index in [9.17, 15) is 10.1 Å². The van der Waals surface area contributed by atoms with Gasteiger partial charge in [-0.05, 0) is 77.7 Å². The molecular formula is C27H25BrN2O3. The van der Waals surface area contributed by atoms with Gasteiger partial charge >= 0.3 is 0 Å². The first-order valence-corrected chi connectivity index (χ1v) is 11.3. The van der Waals surface area contributed by atoms with Gasteiger partial charge in [-0.15, -0.1) is 0 Å². The van der Waals surface area contributed by atoms with Crippen LogP contribution in [0.3, 0.4) is 0 Å². The van der Waals surface area contributed by atoms with Gasteiger partial charge in [0, 0.05) is 5.69 Å². The van der Waals surface area contributed by atoms with Crippen molar-refractivity contribution in [3.8, 4) is 17.6 Å². The third kappa shape index (κ3) is 6.47. The van der Waals surface area contributed by atoms with Crippen LogP contribution in [0.4, 0.5) is 5.69 Å². The fourth-order valence-electron chi connectivity index (χ4n) is 3.25. The van der Waals surface area contributed by atoms with E-state index in [4.69, 9.17) is 9.47 Å². The molecule has 168 valence electrons. The van der Waals surface area contributed by atoms with Crippen LogP contribution in [0.15, 0.2) is 70.7 Å². The van der Waals surface area contributed by atoms with E-state index in [1.165, 1.54) is 6.08 Å². The van der Waals surface area contributed by atoms with Gasteiger partial charge in [-0.3, -0.25) is 4.79 Å². The van der Waals surface area contributed by atoms with E-state index in [0.717, 1.165) is 16.7 Å². The lowest BCUT2D eigenvalue weighted by molar-refractivity contribution is -0.112. The number of carbonyl (C=O) groups is 1. The molecule has 0 heterocycles. The highest BCUT2D eigenvalue weighted by atomic mass is 79.9. The average molecular weight is 505 g/mol. The molecule has 1 N–H and O–H groups in total. The van der Waals surface area contributed by atoms with Crippen LogP contribution in [0, 0.1) is 25.2 Å². The predicted octanol–water partition coefficient (Wildman–Crippen LogP) is 6.59. The van der Waals surface area contributed by atoms with Crippen LogP contribution >= 0.6 is 15.9 Å². The van der Waals surface area contributed by atoms with E-state index in [1.807, 2.05) is 63.2 Å². The summed E-state index contributed by atoms with van der Waals surface area (Å²) in [6, 6.07) is 21.1. The number of ether oxygens (including phenoxy) is 2. The summed E-state index contributed by atoms with van der Waals surface area (Å²) < 4.78 is 12.5. The lowest BCUT2D eigenvalue weighted by Gasteiger charge is -2.15. The van der Waals surface area contributed by atoms with Gasteiger partial charge in [-0.25, -0.2) is 0 Å². The molecule has 0 atom stereocenters. The van der Waals surface area contributed by atoms with Crippen molar-refractivity contribution in [3.63, 3.8) is 0 Å². The van der Waals surface area contributed by atoms with Gasteiger partial charge in [-0.1, -0.05) is 48.0 Å². The fourth-order valence-corrected chi connectivity index (χ4v) is 3.82. The highest BCUT2D eigenvalue weighted by molar-refractivity contribution is 9.10. The largest absolute Gasteiger partial charge is 0.490 e. The zero-order valence-corrected chi connectivity index (χ0v) is 20.4. The molecular weight excluding hydrogens is 480 g/mol. The number of rotatable bonds is 8. The SMILES string of the molecule is CCOc1cc(/C=C(\C#N)C(=O)Nc2ccccc2C)cc(Br)c1OCc1cccc(C)c1. The molecule has 0 saturated carbocycles. The minimum absolute atomic E-state index is 0.0129. The van der Waals surface area contributed by atoms with Gasteiger partial charge in [0.05, 0.1) is 11.1 Å². The molecule has 0 unspecified atom stereocenters. The summed E-state index contributed by atoms with van der Waals surface area (Å²) in [7, 11) is 0. The third-order valence-corrected chi connectivity index (χ3v) is 5.46. The van der Waals surface area contributed by atoms with Crippen LogP contribution in [0.1, 0.15) is 29.2 Å². The topological polar surface area (TPSA) is 71.3 Å². The second-order valence-corrected chi connectivity index (χ2v) is 8.33. The van der Waals surface area contributed by atoms with Gasteiger partial charge in [0.1, 0.15) is 18.2 Å². The molecule has 6 heteroatoms. The van der Waals surface area contributed by atoms with E-state index in [2.05, 4.69) is 27.3 Å². The number of amides is 1. The zero-order chi connectivity index (χ0) is 23.8. The summed E-state index contributed by atoms with van der Waals surface area (Å²) in [6.45, 7) is 6.65. The molecule has 0 saturated heterocycles. The highest BCUT2D eigenvalue weighted by Crippen LogP contribution is 2.38. The van der Waals surface area contributed by atoms with E-state index in [0.29, 0.717) is 40.4 Å². The molecule has 0 fully saturated rings.